The maximum Gasteiger partial charge on any atom is 0.0886 e. The fourth-order valence-electron chi connectivity index (χ4n) is 1.44. The highest BCUT2D eigenvalue weighted by Crippen LogP contribution is 2.36. The summed E-state index contributed by atoms with van der Waals surface area (Å²) in [6.45, 7) is 5.93. The van der Waals surface area contributed by atoms with Gasteiger partial charge in [0.2, 0.25) is 0 Å². The van der Waals surface area contributed by atoms with E-state index in [2.05, 4.69) is 27.9 Å². The molecule has 1 fully saturated rings. The zero-order valence-corrected chi connectivity index (χ0v) is 8.86. The summed E-state index contributed by atoms with van der Waals surface area (Å²) in [4.78, 5) is 0. The molecule has 1 saturated carbocycles. The van der Waals surface area contributed by atoms with Crippen molar-refractivity contribution in [2.45, 2.75) is 32.7 Å². The second-order valence-electron chi connectivity index (χ2n) is 4.17. The van der Waals surface area contributed by atoms with Crippen LogP contribution in [0.4, 0.5) is 0 Å². The average molecular weight is 178 g/mol. The Morgan fingerprint density at radius 3 is 2.09 bits per heavy atom. The summed E-state index contributed by atoms with van der Waals surface area (Å²) in [7, 11) is 4.67. The van der Waals surface area contributed by atoms with Gasteiger partial charge in [0.1, 0.15) is 0 Å². The van der Waals surface area contributed by atoms with Crippen molar-refractivity contribution in [3.05, 3.63) is 0 Å². The molecule has 0 aliphatic heterocycles. The van der Waals surface area contributed by atoms with Crippen LogP contribution in [-0.4, -0.2) is 31.2 Å². The van der Waals surface area contributed by atoms with E-state index in [1.54, 1.807) is 0 Å². The zero-order chi connectivity index (χ0) is 7.78. The third kappa shape index (κ3) is 2.64. The van der Waals surface area contributed by atoms with Gasteiger partial charge in [0, 0.05) is 5.92 Å². The van der Waals surface area contributed by atoms with Gasteiger partial charge in [0.15, 0.2) is 0 Å². The Hall–Kier alpha value is 0.250. The molecule has 0 aromatic heterocycles. The van der Waals surface area contributed by atoms with E-state index >= 15 is 0 Å². The number of hydrogen-bond donors (Lipinski definition) is 0. The van der Waals surface area contributed by atoms with Crippen LogP contribution in [0.2, 0.25) is 0 Å². The van der Waals surface area contributed by atoms with Crippen molar-refractivity contribution < 1.29 is 16.9 Å². The highest BCUT2D eigenvalue weighted by Gasteiger charge is 2.37. The van der Waals surface area contributed by atoms with E-state index in [-0.39, 0.29) is 12.4 Å². The predicted octanol–water partition coefficient (Wildman–Crippen LogP) is -1.11. The molecule has 11 heavy (non-hydrogen) atoms. The fourth-order valence-corrected chi connectivity index (χ4v) is 1.44. The first-order chi connectivity index (χ1) is 4.58. The molecule has 0 aromatic rings. The first kappa shape index (κ1) is 11.2. The highest BCUT2D eigenvalue weighted by molar-refractivity contribution is 4.79. The minimum absolute atomic E-state index is 0. The van der Waals surface area contributed by atoms with Gasteiger partial charge in [-0.25, -0.2) is 0 Å². The molecule has 0 bridgehead atoms. The smallest absolute Gasteiger partial charge is 0.0886 e. The van der Waals surface area contributed by atoms with Crippen LogP contribution in [0.3, 0.4) is 0 Å². The highest BCUT2D eigenvalue weighted by atomic mass is 35.5. The molecule has 68 valence electrons. The summed E-state index contributed by atoms with van der Waals surface area (Å²) in [6, 6.07) is 0.880. The molecular formula is C9H20ClN. The Balaban J connectivity index is 0.000001000. The van der Waals surface area contributed by atoms with Gasteiger partial charge in [-0.2, -0.15) is 0 Å². The van der Waals surface area contributed by atoms with E-state index in [1.807, 2.05) is 0 Å². The molecule has 0 aromatic carbocycles. The summed E-state index contributed by atoms with van der Waals surface area (Å²) in [5, 5.41) is 0. The molecule has 0 amide bonds. The van der Waals surface area contributed by atoms with E-state index in [0.717, 1.165) is 12.0 Å². The van der Waals surface area contributed by atoms with Crippen LogP contribution in [0.5, 0.6) is 0 Å². The number of quaternary nitrogens is 1. The predicted molar refractivity (Wildman–Crippen MR) is 44.8 cm³/mol. The van der Waals surface area contributed by atoms with Gasteiger partial charge in [-0.1, -0.05) is 0 Å². The van der Waals surface area contributed by atoms with E-state index < -0.39 is 0 Å². The van der Waals surface area contributed by atoms with Crippen molar-refractivity contribution in [1.82, 2.24) is 0 Å². The Labute approximate surface area is 76.8 Å². The van der Waals surface area contributed by atoms with Gasteiger partial charge in [0.25, 0.3) is 0 Å². The fraction of sp³-hybridized carbons (Fsp3) is 1.00. The lowest BCUT2D eigenvalue weighted by molar-refractivity contribution is -0.913. The normalized spacial score (nSPS) is 20.7. The standard InChI is InChI=1S/C9H20N.ClH/c1-5-10(3,4)8(2)9-6-7-9;/h8-9H,5-7H2,1-4H3;1H/q+1;/p-1. The molecule has 1 aliphatic carbocycles. The largest absolute Gasteiger partial charge is 1.00 e. The van der Waals surface area contributed by atoms with Crippen LogP contribution in [0.15, 0.2) is 0 Å². The van der Waals surface area contributed by atoms with Gasteiger partial charge >= 0.3 is 0 Å². The van der Waals surface area contributed by atoms with Crippen molar-refractivity contribution in [2.24, 2.45) is 5.92 Å². The molecule has 1 aliphatic rings. The molecule has 2 heteroatoms. The summed E-state index contributed by atoms with van der Waals surface area (Å²) in [5.41, 5.74) is 0. The molecular weight excluding hydrogens is 158 g/mol. The van der Waals surface area contributed by atoms with E-state index in [9.17, 15) is 0 Å². The molecule has 0 saturated heterocycles. The summed E-state index contributed by atoms with van der Waals surface area (Å²) >= 11 is 0. The third-order valence-electron chi connectivity index (χ3n) is 3.22. The monoisotopic (exact) mass is 177 g/mol. The van der Waals surface area contributed by atoms with E-state index in [0.29, 0.717) is 0 Å². The van der Waals surface area contributed by atoms with E-state index in [4.69, 9.17) is 0 Å². The Morgan fingerprint density at radius 2 is 1.82 bits per heavy atom. The second-order valence-corrected chi connectivity index (χ2v) is 4.17. The lowest BCUT2D eigenvalue weighted by Crippen LogP contribution is -3.00. The van der Waals surface area contributed by atoms with Gasteiger partial charge in [0.05, 0.1) is 26.7 Å². The number of hydrogen-bond acceptors (Lipinski definition) is 0. The third-order valence-corrected chi connectivity index (χ3v) is 3.22. The molecule has 0 N–H and O–H groups in total. The van der Waals surface area contributed by atoms with Crippen LogP contribution in [0.1, 0.15) is 26.7 Å². The number of rotatable bonds is 3. The molecule has 1 unspecified atom stereocenters. The van der Waals surface area contributed by atoms with Gasteiger partial charge in [-0.15, -0.1) is 0 Å². The molecule has 0 radical (unpaired) electrons. The van der Waals surface area contributed by atoms with Crippen LogP contribution < -0.4 is 12.4 Å². The quantitative estimate of drug-likeness (QED) is 0.480. The summed E-state index contributed by atoms with van der Waals surface area (Å²) in [5.74, 6) is 1.04. The summed E-state index contributed by atoms with van der Waals surface area (Å²) in [6.07, 6.45) is 2.95. The second kappa shape index (κ2) is 3.77. The Bertz CT molecular complexity index is 119. The molecule has 0 spiro atoms. The topological polar surface area (TPSA) is 0 Å². The van der Waals surface area contributed by atoms with Crippen LogP contribution in [0.25, 0.3) is 0 Å². The molecule has 0 heterocycles. The van der Waals surface area contributed by atoms with Gasteiger partial charge < -0.3 is 16.9 Å². The molecule has 1 rings (SSSR count). The SMILES string of the molecule is CC[N+](C)(C)C(C)C1CC1.[Cl-]. The first-order valence-electron chi connectivity index (χ1n) is 4.40. The van der Waals surface area contributed by atoms with Crippen molar-refractivity contribution in [3.8, 4) is 0 Å². The Kier molecular flexibility index (Phi) is 3.86. The lowest BCUT2D eigenvalue weighted by atomic mass is 10.1. The van der Waals surface area contributed by atoms with Crippen molar-refractivity contribution in [2.75, 3.05) is 20.6 Å². The van der Waals surface area contributed by atoms with E-state index in [1.165, 1.54) is 23.9 Å². The number of halogens is 1. The first-order valence-corrected chi connectivity index (χ1v) is 4.40. The van der Waals surface area contributed by atoms with Gasteiger partial charge in [-0.05, 0) is 26.7 Å². The number of nitrogens with zero attached hydrogens (tertiary/aromatic N) is 1. The Morgan fingerprint density at radius 1 is 1.36 bits per heavy atom. The van der Waals surface area contributed by atoms with Crippen LogP contribution in [0, 0.1) is 5.92 Å². The van der Waals surface area contributed by atoms with Crippen LogP contribution in [-0.2, 0) is 0 Å². The van der Waals surface area contributed by atoms with Crippen molar-refractivity contribution in [1.29, 1.82) is 0 Å². The van der Waals surface area contributed by atoms with Crippen molar-refractivity contribution in [3.63, 3.8) is 0 Å². The minimum Gasteiger partial charge on any atom is -1.00 e. The maximum absolute atomic E-state index is 2.39. The maximum atomic E-state index is 2.39. The summed E-state index contributed by atoms with van der Waals surface area (Å²) < 4.78 is 1.20. The zero-order valence-electron chi connectivity index (χ0n) is 8.10. The van der Waals surface area contributed by atoms with Crippen LogP contribution >= 0.6 is 0 Å². The molecule has 1 atom stereocenters. The average Bonchev–Trinajstić information content (AvgIpc) is 2.68. The van der Waals surface area contributed by atoms with Crippen molar-refractivity contribution >= 4 is 0 Å². The van der Waals surface area contributed by atoms with Gasteiger partial charge in [-0.3, -0.25) is 0 Å². The molecule has 1 nitrogen and oxygen atoms in total. The lowest BCUT2D eigenvalue weighted by Gasteiger charge is -2.35. The minimum atomic E-state index is 0.